The van der Waals surface area contributed by atoms with Crippen LogP contribution in [0.5, 0.6) is 0 Å². The summed E-state index contributed by atoms with van der Waals surface area (Å²) in [6, 6.07) is 5.84. The number of nitrogens with two attached hydrogens (primary N) is 1. The smallest absolute Gasteiger partial charge is 0.262 e. The Kier molecular flexibility index (Phi) is 4.20. The van der Waals surface area contributed by atoms with Gasteiger partial charge in [0.2, 0.25) is 0 Å². The van der Waals surface area contributed by atoms with E-state index in [9.17, 15) is 17.2 Å². The van der Waals surface area contributed by atoms with Crippen LogP contribution in [-0.2, 0) is 10.0 Å². The van der Waals surface area contributed by atoms with Crippen molar-refractivity contribution in [3.63, 3.8) is 0 Å². The summed E-state index contributed by atoms with van der Waals surface area (Å²) in [4.78, 5) is -0.263. The highest BCUT2D eigenvalue weighted by Crippen LogP contribution is 2.26. The molecule has 8 heteroatoms. The molecule has 0 aromatic heterocycles. The van der Waals surface area contributed by atoms with Gasteiger partial charge in [-0.3, -0.25) is 4.72 Å². The molecule has 0 spiro atoms. The van der Waals surface area contributed by atoms with Crippen LogP contribution in [0.2, 0.25) is 0 Å². The van der Waals surface area contributed by atoms with Crippen molar-refractivity contribution >= 4 is 37.3 Å². The number of sulfonamides is 1. The van der Waals surface area contributed by atoms with Crippen LogP contribution in [0.25, 0.3) is 0 Å². The molecule has 2 rings (SSSR count). The van der Waals surface area contributed by atoms with Gasteiger partial charge < -0.3 is 5.73 Å². The van der Waals surface area contributed by atoms with E-state index in [2.05, 4.69) is 20.7 Å². The molecular formula is C13H11BrF2N2O2S. The summed E-state index contributed by atoms with van der Waals surface area (Å²) in [5.74, 6) is -1.24. The lowest BCUT2D eigenvalue weighted by Gasteiger charge is -2.12. The van der Waals surface area contributed by atoms with Gasteiger partial charge in [0, 0.05) is 11.3 Å². The third-order valence-corrected chi connectivity index (χ3v) is 4.90. The quantitative estimate of drug-likeness (QED) is 0.806. The number of halogens is 3. The first-order chi connectivity index (χ1) is 9.70. The van der Waals surface area contributed by atoms with E-state index < -0.39 is 21.7 Å². The molecule has 0 bridgehead atoms. The topological polar surface area (TPSA) is 72.2 Å². The zero-order valence-electron chi connectivity index (χ0n) is 10.8. The van der Waals surface area contributed by atoms with Gasteiger partial charge in [-0.15, -0.1) is 0 Å². The van der Waals surface area contributed by atoms with E-state index in [1.807, 2.05) is 0 Å². The summed E-state index contributed by atoms with van der Waals surface area (Å²) >= 11 is 2.96. The number of benzene rings is 2. The summed E-state index contributed by atoms with van der Waals surface area (Å²) in [5, 5.41) is 0. The van der Waals surface area contributed by atoms with Crippen LogP contribution in [-0.4, -0.2) is 8.42 Å². The Morgan fingerprint density at radius 3 is 2.43 bits per heavy atom. The van der Waals surface area contributed by atoms with E-state index in [1.54, 1.807) is 0 Å². The highest BCUT2D eigenvalue weighted by Gasteiger charge is 2.20. The average molecular weight is 377 g/mol. The van der Waals surface area contributed by atoms with Gasteiger partial charge in [0.1, 0.15) is 11.6 Å². The zero-order chi connectivity index (χ0) is 15.8. The van der Waals surface area contributed by atoms with Crippen molar-refractivity contribution in [2.75, 3.05) is 10.5 Å². The molecule has 3 N–H and O–H groups in total. The molecule has 0 atom stereocenters. The van der Waals surface area contributed by atoms with Crippen LogP contribution >= 0.6 is 15.9 Å². The highest BCUT2D eigenvalue weighted by atomic mass is 79.9. The molecule has 2 aromatic rings. The molecule has 0 radical (unpaired) electrons. The number of hydrogen-bond acceptors (Lipinski definition) is 3. The first kappa shape index (κ1) is 15.7. The first-order valence-electron chi connectivity index (χ1n) is 5.74. The summed E-state index contributed by atoms with van der Waals surface area (Å²) in [6.45, 7) is 1.34. The van der Waals surface area contributed by atoms with Crippen LogP contribution in [0.15, 0.2) is 39.7 Å². The van der Waals surface area contributed by atoms with Gasteiger partial charge >= 0.3 is 0 Å². The molecule has 0 saturated carbocycles. The molecule has 0 heterocycles. The van der Waals surface area contributed by atoms with Gasteiger partial charge in [0.15, 0.2) is 0 Å². The largest absolute Gasteiger partial charge is 0.399 e. The van der Waals surface area contributed by atoms with Gasteiger partial charge in [-0.2, -0.15) is 0 Å². The molecule has 0 saturated heterocycles. The van der Waals surface area contributed by atoms with E-state index in [-0.39, 0.29) is 26.3 Å². The van der Waals surface area contributed by atoms with Crippen LogP contribution in [0.4, 0.5) is 20.2 Å². The second-order valence-electron chi connectivity index (χ2n) is 4.36. The maximum Gasteiger partial charge on any atom is 0.262 e. The van der Waals surface area contributed by atoms with E-state index in [4.69, 9.17) is 5.73 Å². The van der Waals surface area contributed by atoms with Crippen molar-refractivity contribution in [1.29, 1.82) is 0 Å². The lowest BCUT2D eigenvalue weighted by atomic mass is 10.2. The number of nitrogen functional groups attached to an aromatic ring is 1. The molecule has 21 heavy (non-hydrogen) atoms. The second-order valence-corrected chi connectivity index (χ2v) is 6.87. The summed E-state index contributed by atoms with van der Waals surface area (Å²) in [5.41, 5.74) is 5.57. The van der Waals surface area contributed by atoms with E-state index >= 15 is 0 Å². The van der Waals surface area contributed by atoms with E-state index in [1.165, 1.54) is 25.1 Å². The van der Waals surface area contributed by atoms with E-state index in [0.29, 0.717) is 0 Å². The normalized spacial score (nSPS) is 11.4. The van der Waals surface area contributed by atoms with Crippen LogP contribution in [0.1, 0.15) is 5.56 Å². The Balaban J connectivity index is 2.45. The Bertz CT molecular complexity index is 810. The third-order valence-electron chi connectivity index (χ3n) is 2.78. The average Bonchev–Trinajstić information content (AvgIpc) is 2.37. The Morgan fingerprint density at radius 2 is 1.81 bits per heavy atom. The minimum absolute atomic E-state index is 0.00115. The van der Waals surface area contributed by atoms with Crippen LogP contribution in [0.3, 0.4) is 0 Å². The van der Waals surface area contributed by atoms with Crippen molar-refractivity contribution in [2.45, 2.75) is 11.8 Å². The third kappa shape index (κ3) is 3.33. The lowest BCUT2D eigenvalue weighted by Crippen LogP contribution is -2.15. The molecule has 0 amide bonds. The van der Waals surface area contributed by atoms with Crippen molar-refractivity contribution < 1.29 is 17.2 Å². The fraction of sp³-hybridized carbons (Fsp3) is 0.0769. The van der Waals surface area contributed by atoms with Gasteiger partial charge in [0.05, 0.1) is 15.1 Å². The molecule has 2 aromatic carbocycles. The van der Waals surface area contributed by atoms with Crippen molar-refractivity contribution in [3.05, 3.63) is 52.0 Å². The SMILES string of the molecule is Cc1c(F)cc(N)cc1S(=O)(=O)Nc1ccc(F)c(Br)c1. The summed E-state index contributed by atoms with van der Waals surface area (Å²) < 4.78 is 53.7. The predicted octanol–water partition coefficient (Wildman–Crippen LogP) is 3.42. The van der Waals surface area contributed by atoms with Crippen molar-refractivity contribution in [2.24, 2.45) is 0 Å². The molecule has 0 unspecified atom stereocenters. The molecule has 0 aliphatic carbocycles. The fourth-order valence-corrected chi connectivity index (χ4v) is 3.44. The van der Waals surface area contributed by atoms with Crippen LogP contribution < -0.4 is 10.5 Å². The molecule has 0 aliphatic heterocycles. The molecular weight excluding hydrogens is 366 g/mol. The number of rotatable bonds is 3. The standard InChI is InChI=1S/C13H11BrF2N2O2S/c1-7-12(16)4-8(17)5-13(7)21(19,20)18-9-2-3-11(15)10(14)6-9/h2-6,18H,17H2,1H3. The summed E-state index contributed by atoms with van der Waals surface area (Å²) in [6.07, 6.45) is 0. The van der Waals surface area contributed by atoms with Crippen LogP contribution in [0, 0.1) is 18.6 Å². The minimum Gasteiger partial charge on any atom is -0.399 e. The molecule has 112 valence electrons. The first-order valence-corrected chi connectivity index (χ1v) is 8.02. The number of anilines is 2. The zero-order valence-corrected chi connectivity index (χ0v) is 13.2. The van der Waals surface area contributed by atoms with Gasteiger partial charge in [0.25, 0.3) is 10.0 Å². The Morgan fingerprint density at radius 1 is 1.14 bits per heavy atom. The number of hydrogen-bond donors (Lipinski definition) is 2. The minimum atomic E-state index is -4.03. The Labute approximate surface area is 129 Å². The van der Waals surface area contributed by atoms with Crippen molar-refractivity contribution in [3.8, 4) is 0 Å². The molecule has 4 nitrogen and oxygen atoms in total. The summed E-state index contributed by atoms with van der Waals surface area (Å²) in [7, 11) is -4.03. The molecule has 0 aliphatic rings. The fourth-order valence-electron chi connectivity index (χ4n) is 1.72. The van der Waals surface area contributed by atoms with Gasteiger partial charge in [-0.1, -0.05) is 0 Å². The highest BCUT2D eigenvalue weighted by molar-refractivity contribution is 9.10. The predicted molar refractivity (Wildman–Crippen MR) is 80.5 cm³/mol. The maximum absolute atomic E-state index is 13.6. The van der Waals surface area contributed by atoms with Gasteiger partial charge in [-0.05, 0) is 53.2 Å². The second kappa shape index (κ2) is 5.61. The monoisotopic (exact) mass is 376 g/mol. The maximum atomic E-state index is 13.6. The molecule has 0 fully saturated rings. The van der Waals surface area contributed by atoms with Crippen molar-refractivity contribution in [1.82, 2.24) is 0 Å². The van der Waals surface area contributed by atoms with E-state index in [0.717, 1.165) is 12.1 Å². The number of nitrogens with one attached hydrogen (secondary N) is 1. The lowest BCUT2D eigenvalue weighted by molar-refractivity contribution is 0.591. The van der Waals surface area contributed by atoms with Gasteiger partial charge in [-0.25, -0.2) is 17.2 Å². The Hall–Kier alpha value is -1.67.